The van der Waals surface area contributed by atoms with Crippen LogP contribution in [-0.2, 0) is 19.4 Å². The third-order valence-corrected chi connectivity index (χ3v) is 4.54. The second-order valence-corrected chi connectivity index (χ2v) is 6.88. The Bertz CT molecular complexity index is 537. The van der Waals surface area contributed by atoms with Crippen molar-refractivity contribution in [2.45, 2.75) is 31.6 Å². The van der Waals surface area contributed by atoms with Gasteiger partial charge in [-0.3, -0.25) is 4.79 Å². The van der Waals surface area contributed by atoms with Gasteiger partial charge in [-0.1, -0.05) is 31.0 Å². The molecule has 1 aromatic rings. The molecule has 0 aliphatic rings. The minimum absolute atomic E-state index is 0.169. The van der Waals surface area contributed by atoms with E-state index in [1.165, 1.54) is 12.1 Å². The van der Waals surface area contributed by atoms with E-state index in [1.807, 2.05) is 6.92 Å². The first kappa shape index (κ1) is 17.7. The zero-order valence-corrected chi connectivity index (χ0v) is 13.4. The van der Waals surface area contributed by atoms with Crippen molar-refractivity contribution in [1.29, 1.82) is 0 Å². The molecule has 0 atom stereocenters. The van der Waals surface area contributed by atoms with Gasteiger partial charge in [0.05, 0.1) is 11.5 Å². The minimum Gasteiger partial charge on any atom is -0.380 e. The van der Waals surface area contributed by atoms with Crippen molar-refractivity contribution < 1.29 is 17.9 Å². The maximum atomic E-state index is 12.0. The van der Waals surface area contributed by atoms with E-state index in [1.54, 1.807) is 12.1 Å². The molecule has 1 N–H and O–H groups in total. The number of hydrogen-bond donors (Lipinski definition) is 1. The SMILES string of the molecule is CCCCOCCNC(=O)CS(=O)(=O)c1ccc(C)cc1. The summed E-state index contributed by atoms with van der Waals surface area (Å²) < 4.78 is 29.4. The number of carbonyl (C=O) groups excluding carboxylic acids is 1. The van der Waals surface area contributed by atoms with Crippen LogP contribution in [0.25, 0.3) is 0 Å². The molecule has 0 spiro atoms. The molecule has 0 fully saturated rings. The fourth-order valence-corrected chi connectivity index (χ4v) is 2.83. The second kappa shape index (κ2) is 8.79. The fourth-order valence-electron chi connectivity index (χ4n) is 1.66. The third-order valence-electron chi connectivity index (χ3n) is 2.91. The topological polar surface area (TPSA) is 72.5 Å². The number of benzene rings is 1. The summed E-state index contributed by atoms with van der Waals surface area (Å²) in [6.07, 6.45) is 2.04. The van der Waals surface area contributed by atoms with Gasteiger partial charge in [0.1, 0.15) is 5.75 Å². The van der Waals surface area contributed by atoms with Crippen LogP contribution in [0.5, 0.6) is 0 Å². The molecule has 0 heterocycles. The van der Waals surface area contributed by atoms with Crippen molar-refractivity contribution in [3.05, 3.63) is 29.8 Å². The molecular formula is C15H23NO4S. The number of ether oxygens (including phenoxy) is 1. The Morgan fingerprint density at radius 3 is 2.48 bits per heavy atom. The van der Waals surface area contributed by atoms with Crippen LogP contribution in [-0.4, -0.2) is 39.8 Å². The van der Waals surface area contributed by atoms with Gasteiger partial charge in [-0.25, -0.2) is 8.42 Å². The predicted molar refractivity (Wildman–Crippen MR) is 82.0 cm³/mol. The first-order valence-corrected chi connectivity index (χ1v) is 8.75. The van der Waals surface area contributed by atoms with Crippen molar-refractivity contribution in [2.24, 2.45) is 0 Å². The maximum Gasteiger partial charge on any atom is 0.235 e. The highest BCUT2D eigenvalue weighted by Gasteiger charge is 2.18. The van der Waals surface area contributed by atoms with Crippen molar-refractivity contribution in [3.63, 3.8) is 0 Å². The summed E-state index contributed by atoms with van der Waals surface area (Å²) >= 11 is 0. The number of amides is 1. The molecule has 118 valence electrons. The van der Waals surface area contributed by atoms with Crippen molar-refractivity contribution in [3.8, 4) is 0 Å². The molecule has 0 unspecified atom stereocenters. The van der Waals surface area contributed by atoms with Crippen LogP contribution in [0.4, 0.5) is 0 Å². The smallest absolute Gasteiger partial charge is 0.235 e. The average Bonchev–Trinajstić information content (AvgIpc) is 2.42. The van der Waals surface area contributed by atoms with Crippen molar-refractivity contribution in [2.75, 3.05) is 25.5 Å². The largest absolute Gasteiger partial charge is 0.380 e. The first-order valence-electron chi connectivity index (χ1n) is 7.09. The molecule has 0 radical (unpaired) electrons. The second-order valence-electron chi connectivity index (χ2n) is 4.89. The highest BCUT2D eigenvalue weighted by Crippen LogP contribution is 2.11. The number of carbonyl (C=O) groups is 1. The van der Waals surface area contributed by atoms with E-state index in [0.29, 0.717) is 19.8 Å². The van der Waals surface area contributed by atoms with Gasteiger partial charge in [0.15, 0.2) is 9.84 Å². The highest BCUT2D eigenvalue weighted by molar-refractivity contribution is 7.92. The molecule has 5 nitrogen and oxygen atoms in total. The van der Waals surface area contributed by atoms with Crippen LogP contribution < -0.4 is 5.32 Å². The van der Waals surface area contributed by atoms with E-state index >= 15 is 0 Å². The lowest BCUT2D eigenvalue weighted by Gasteiger charge is -2.07. The monoisotopic (exact) mass is 313 g/mol. The van der Waals surface area contributed by atoms with Gasteiger partial charge in [-0.05, 0) is 25.5 Å². The minimum atomic E-state index is -3.58. The van der Waals surface area contributed by atoms with Crippen molar-refractivity contribution in [1.82, 2.24) is 5.32 Å². The van der Waals surface area contributed by atoms with Crippen LogP contribution in [0.3, 0.4) is 0 Å². The van der Waals surface area contributed by atoms with Gasteiger partial charge < -0.3 is 10.1 Å². The number of aryl methyl sites for hydroxylation is 1. The number of rotatable bonds is 9. The summed E-state index contributed by atoms with van der Waals surface area (Å²) in [5.41, 5.74) is 0.975. The number of hydrogen-bond acceptors (Lipinski definition) is 4. The number of nitrogens with one attached hydrogen (secondary N) is 1. The van der Waals surface area contributed by atoms with Gasteiger partial charge in [0.2, 0.25) is 5.91 Å². The Morgan fingerprint density at radius 2 is 1.86 bits per heavy atom. The molecular weight excluding hydrogens is 290 g/mol. The Labute approximate surface area is 126 Å². The molecule has 1 rings (SSSR count). The summed E-state index contributed by atoms with van der Waals surface area (Å²) in [6.45, 7) is 5.33. The summed E-state index contributed by atoms with van der Waals surface area (Å²) in [5.74, 6) is -1.04. The van der Waals surface area contributed by atoms with Gasteiger partial charge in [-0.15, -0.1) is 0 Å². The quantitative estimate of drug-likeness (QED) is 0.704. The molecule has 0 bridgehead atoms. The fraction of sp³-hybridized carbons (Fsp3) is 0.533. The summed E-state index contributed by atoms with van der Waals surface area (Å²) in [4.78, 5) is 11.8. The zero-order chi connectivity index (χ0) is 15.7. The average molecular weight is 313 g/mol. The lowest BCUT2D eigenvalue weighted by atomic mass is 10.2. The molecule has 0 aliphatic heterocycles. The van der Waals surface area contributed by atoms with E-state index < -0.39 is 21.5 Å². The predicted octanol–water partition coefficient (Wildman–Crippen LogP) is 1.70. The first-order chi connectivity index (χ1) is 9.95. The van der Waals surface area contributed by atoms with Crippen LogP contribution >= 0.6 is 0 Å². The normalized spacial score (nSPS) is 11.3. The molecule has 0 aromatic heterocycles. The summed E-state index contributed by atoms with van der Waals surface area (Å²) in [5, 5.41) is 2.55. The lowest BCUT2D eigenvalue weighted by molar-refractivity contribution is -0.118. The lowest BCUT2D eigenvalue weighted by Crippen LogP contribution is -2.32. The molecule has 21 heavy (non-hydrogen) atoms. The van der Waals surface area contributed by atoms with Gasteiger partial charge in [0, 0.05) is 13.2 Å². The Kier molecular flexibility index (Phi) is 7.39. The summed E-state index contributed by atoms with van der Waals surface area (Å²) in [6, 6.07) is 6.47. The molecule has 1 amide bonds. The molecule has 0 saturated heterocycles. The number of sulfone groups is 1. The van der Waals surface area contributed by atoms with E-state index in [-0.39, 0.29) is 4.90 Å². The van der Waals surface area contributed by atoms with Crippen LogP contribution in [0.15, 0.2) is 29.2 Å². The van der Waals surface area contributed by atoms with E-state index in [2.05, 4.69) is 12.2 Å². The van der Waals surface area contributed by atoms with E-state index in [0.717, 1.165) is 18.4 Å². The van der Waals surface area contributed by atoms with E-state index in [4.69, 9.17) is 4.74 Å². The molecule has 1 aromatic carbocycles. The Hall–Kier alpha value is -1.40. The van der Waals surface area contributed by atoms with Gasteiger partial charge in [-0.2, -0.15) is 0 Å². The zero-order valence-electron chi connectivity index (χ0n) is 12.6. The third kappa shape index (κ3) is 6.73. The van der Waals surface area contributed by atoms with Crippen LogP contribution in [0, 0.1) is 6.92 Å². The number of unbranched alkanes of at least 4 members (excludes halogenated alkanes) is 1. The Morgan fingerprint density at radius 1 is 1.19 bits per heavy atom. The molecule has 0 aliphatic carbocycles. The van der Waals surface area contributed by atoms with Crippen LogP contribution in [0.2, 0.25) is 0 Å². The molecule has 0 saturated carbocycles. The van der Waals surface area contributed by atoms with Gasteiger partial charge >= 0.3 is 0 Å². The highest BCUT2D eigenvalue weighted by atomic mass is 32.2. The maximum absolute atomic E-state index is 12.0. The van der Waals surface area contributed by atoms with Crippen LogP contribution in [0.1, 0.15) is 25.3 Å². The van der Waals surface area contributed by atoms with Gasteiger partial charge in [0.25, 0.3) is 0 Å². The van der Waals surface area contributed by atoms with E-state index in [9.17, 15) is 13.2 Å². The van der Waals surface area contributed by atoms with Crippen molar-refractivity contribution >= 4 is 15.7 Å². The molecule has 6 heteroatoms. The Balaban J connectivity index is 2.38. The standard InChI is InChI=1S/C15H23NO4S/c1-3-4-10-20-11-9-16-15(17)12-21(18,19)14-7-5-13(2)6-8-14/h5-8H,3-4,9-12H2,1-2H3,(H,16,17). The summed E-state index contributed by atoms with van der Waals surface area (Å²) in [7, 11) is -3.58.